The zero-order valence-electron chi connectivity index (χ0n) is 10.7. The van der Waals surface area contributed by atoms with E-state index in [-0.39, 0.29) is 0 Å². The summed E-state index contributed by atoms with van der Waals surface area (Å²) in [6.45, 7) is 1.12. The molecule has 0 radical (unpaired) electrons. The molecule has 0 aliphatic heterocycles. The van der Waals surface area contributed by atoms with E-state index in [1.54, 1.807) is 0 Å². The van der Waals surface area contributed by atoms with E-state index in [2.05, 4.69) is 41.9 Å². The first-order valence-electron chi connectivity index (χ1n) is 6.70. The molecular formula is C15H23NS. The minimum Gasteiger partial charge on any atom is -0.313 e. The minimum absolute atomic E-state index is 0.738. The largest absolute Gasteiger partial charge is 0.313 e. The van der Waals surface area contributed by atoms with Crippen LogP contribution in [0.5, 0.6) is 0 Å². The Bertz CT molecular complexity index is 312. The van der Waals surface area contributed by atoms with Gasteiger partial charge in [0.15, 0.2) is 0 Å². The summed E-state index contributed by atoms with van der Waals surface area (Å²) in [4.78, 5) is 0. The highest BCUT2D eigenvalue weighted by Crippen LogP contribution is 2.26. The Morgan fingerprint density at radius 1 is 1.18 bits per heavy atom. The number of rotatable bonds is 5. The van der Waals surface area contributed by atoms with E-state index >= 15 is 0 Å². The van der Waals surface area contributed by atoms with Crippen LogP contribution in [0.25, 0.3) is 0 Å². The first kappa shape index (κ1) is 13.0. The van der Waals surface area contributed by atoms with E-state index in [9.17, 15) is 0 Å². The SMILES string of the molecule is CSC1CCCCC1NCCc1ccccc1. The monoisotopic (exact) mass is 249 g/mol. The van der Waals surface area contributed by atoms with Gasteiger partial charge in [-0.3, -0.25) is 0 Å². The van der Waals surface area contributed by atoms with Crippen LogP contribution >= 0.6 is 11.8 Å². The Hall–Kier alpha value is -0.470. The predicted molar refractivity (Wildman–Crippen MR) is 77.7 cm³/mol. The Morgan fingerprint density at radius 2 is 1.94 bits per heavy atom. The molecule has 1 N–H and O–H groups in total. The van der Waals surface area contributed by atoms with Crippen molar-refractivity contribution in [3.63, 3.8) is 0 Å². The summed E-state index contributed by atoms with van der Waals surface area (Å²) in [6, 6.07) is 11.5. The van der Waals surface area contributed by atoms with Crippen molar-refractivity contribution >= 4 is 11.8 Å². The number of hydrogen-bond donors (Lipinski definition) is 1. The molecule has 0 heterocycles. The predicted octanol–water partition coefficient (Wildman–Crippen LogP) is 3.49. The fourth-order valence-electron chi connectivity index (χ4n) is 2.66. The molecule has 1 aliphatic carbocycles. The Kier molecular flexibility index (Phi) is 5.40. The van der Waals surface area contributed by atoms with E-state index in [1.807, 2.05) is 11.8 Å². The highest BCUT2D eigenvalue weighted by Gasteiger charge is 2.23. The topological polar surface area (TPSA) is 12.0 Å². The minimum atomic E-state index is 0.738. The molecular weight excluding hydrogens is 226 g/mol. The number of hydrogen-bond acceptors (Lipinski definition) is 2. The normalized spacial score (nSPS) is 24.8. The summed E-state index contributed by atoms with van der Waals surface area (Å²) in [5.74, 6) is 0. The van der Waals surface area contributed by atoms with Crippen LogP contribution in [0.3, 0.4) is 0 Å². The van der Waals surface area contributed by atoms with Crippen molar-refractivity contribution in [2.45, 2.75) is 43.4 Å². The zero-order chi connectivity index (χ0) is 11.9. The molecule has 0 saturated heterocycles. The van der Waals surface area contributed by atoms with Crippen molar-refractivity contribution in [2.75, 3.05) is 12.8 Å². The number of benzene rings is 1. The maximum absolute atomic E-state index is 3.75. The molecule has 0 spiro atoms. The molecule has 2 rings (SSSR count). The van der Waals surface area contributed by atoms with Crippen LogP contribution < -0.4 is 5.32 Å². The fraction of sp³-hybridized carbons (Fsp3) is 0.600. The van der Waals surface area contributed by atoms with E-state index in [4.69, 9.17) is 0 Å². The van der Waals surface area contributed by atoms with E-state index in [0.717, 1.165) is 24.3 Å². The molecule has 2 unspecified atom stereocenters. The lowest BCUT2D eigenvalue weighted by molar-refractivity contribution is 0.386. The van der Waals surface area contributed by atoms with Crippen LogP contribution in [0.4, 0.5) is 0 Å². The smallest absolute Gasteiger partial charge is 0.0198 e. The van der Waals surface area contributed by atoms with E-state index in [1.165, 1.54) is 31.2 Å². The van der Waals surface area contributed by atoms with Gasteiger partial charge < -0.3 is 5.32 Å². The summed E-state index contributed by atoms with van der Waals surface area (Å²) in [5, 5.41) is 4.58. The third-order valence-electron chi connectivity index (χ3n) is 3.67. The van der Waals surface area contributed by atoms with Crippen molar-refractivity contribution in [3.05, 3.63) is 35.9 Å². The van der Waals surface area contributed by atoms with Gasteiger partial charge in [-0.05, 0) is 37.6 Å². The third kappa shape index (κ3) is 4.04. The van der Waals surface area contributed by atoms with Gasteiger partial charge in [0.2, 0.25) is 0 Å². The molecule has 2 atom stereocenters. The summed E-state index contributed by atoms with van der Waals surface area (Å²) < 4.78 is 0. The van der Waals surface area contributed by atoms with E-state index < -0.39 is 0 Å². The van der Waals surface area contributed by atoms with Crippen LogP contribution in [0.1, 0.15) is 31.2 Å². The standard InChI is InChI=1S/C15H23NS/c1-17-15-10-6-5-9-14(15)16-12-11-13-7-3-2-4-8-13/h2-4,7-8,14-16H,5-6,9-12H2,1H3. The Labute approximate surface area is 109 Å². The van der Waals surface area contributed by atoms with Crippen molar-refractivity contribution < 1.29 is 0 Å². The summed E-state index contributed by atoms with van der Waals surface area (Å²) in [6.07, 6.45) is 8.98. The molecule has 1 fully saturated rings. The second kappa shape index (κ2) is 7.07. The van der Waals surface area contributed by atoms with Gasteiger partial charge in [0.05, 0.1) is 0 Å². The molecule has 0 amide bonds. The Morgan fingerprint density at radius 3 is 2.71 bits per heavy atom. The number of nitrogens with one attached hydrogen (secondary N) is 1. The molecule has 1 nitrogen and oxygen atoms in total. The summed E-state index contributed by atoms with van der Waals surface area (Å²) >= 11 is 2.04. The maximum atomic E-state index is 3.75. The quantitative estimate of drug-likeness (QED) is 0.857. The van der Waals surface area contributed by atoms with Gasteiger partial charge in [0.25, 0.3) is 0 Å². The lowest BCUT2D eigenvalue weighted by Gasteiger charge is -2.31. The molecule has 1 aliphatic rings. The first-order chi connectivity index (χ1) is 8.40. The van der Waals surface area contributed by atoms with Gasteiger partial charge in [0.1, 0.15) is 0 Å². The van der Waals surface area contributed by atoms with Crippen LogP contribution in [0, 0.1) is 0 Å². The molecule has 1 saturated carbocycles. The van der Waals surface area contributed by atoms with Gasteiger partial charge in [0, 0.05) is 11.3 Å². The molecule has 0 aromatic heterocycles. The Balaban J connectivity index is 1.74. The van der Waals surface area contributed by atoms with Gasteiger partial charge in [-0.15, -0.1) is 0 Å². The van der Waals surface area contributed by atoms with Crippen molar-refractivity contribution in [2.24, 2.45) is 0 Å². The van der Waals surface area contributed by atoms with Gasteiger partial charge >= 0.3 is 0 Å². The summed E-state index contributed by atoms with van der Waals surface area (Å²) in [7, 11) is 0. The van der Waals surface area contributed by atoms with E-state index in [0.29, 0.717) is 0 Å². The second-order valence-corrected chi connectivity index (χ2v) is 5.93. The van der Waals surface area contributed by atoms with Crippen molar-refractivity contribution in [3.8, 4) is 0 Å². The maximum Gasteiger partial charge on any atom is 0.0198 e. The molecule has 0 bridgehead atoms. The lowest BCUT2D eigenvalue weighted by atomic mass is 9.94. The highest BCUT2D eigenvalue weighted by molar-refractivity contribution is 7.99. The molecule has 1 aromatic rings. The highest BCUT2D eigenvalue weighted by atomic mass is 32.2. The fourth-order valence-corrected chi connectivity index (χ4v) is 3.62. The van der Waals surface area contributed by atoms with Crippen LogP contribution in [-0.2, 0) is 6.42 Å². The summed E-state index contributed by atoms with van der Waals surface area (Å²) in [5.41, 5.74) is 1.44. The van der Waals surface area contributed by atoms with Gasteiger partial charge in [-0.2, -0.15) is 11.8 Å². The van der Waals surface area contributed by atoms with Crippen LogP contribution in [-0.4, -0.2) is 24.1 Å². The number of thioether (sulfide) groups is 1. The average Bonchev–Trinajstić information content (AvgIpc) is 2.40. The third-order valence-corrected chi connectivity index (χ3v) is 4.84. The first-order valence-corrected chi connectivity index (χ1v) is 7.99. The van der Waals surface area contributed by atoms with Gasteiger partial charge in [-0.1, -0.05) is 43.2 Å². The van der Waals surface area contributed by atoms with Gasteiger partial charge in [-0.25, -0.2) is 0 Å². The average molecular weight is 249 g/mol. The molecule has 17 heavy (non-hydrogen) atoms. The zero-order valence-corrected chi connectivity index (χ0v) is 11.5. The molecule has 94 valence electrons. The second-order valence-electron chi connectivity index (χ2n) is 4.85. The van der Waals surface area contributed by atoms with Crippen molar-refractivity contribution in [1.29, 1.82) is 0 Å². The molecule has 2 heteroatoms. The van der Waals surface area contributed by atoms with Crippen LogP contribution in [0.15, 0.2) is 30.3 Å². The molecule has 1 aromatic carbocycles. The van der Waals surface area contributed by atoms with Crippen molar-refractivity contribution in [1.82, 2.24) is 5.32 Å². The van der Waals surface area contributed by atoms with Crippen LogP contribution in [0.2, 0.25) is 0 Å². The lowest BCUT2D eigenvalue weighted by Crippen LogP contribution is -2.41.